The van der Waals surface area contributed by atoms with E-state index in [4.69, 9.17) is 0 Å². The van der Waals surface area contributed by atoms with Gasteiger partial charge in [-0.05, 0) is 6.92 Å². The van der Waals surface area contributed by atoms with Gasteiger partial charge in [0.05, 0.1) is 18.9 Å². The van der Waals surface area contributed by atoms with Gasteiger partial charge >= 0.3 is 6.18 Å². The van der Waals surface area contributed by atoms with E-state index >= 15 is 0 Å². The van der Waals surface area contributed by atoms with Gasteiger partial charge in [0.2, 0.25) is 0 Å². The quantitative estimate of drug-likeness (QED) is 0.846. The highest BCUT2D eigenvalue weighted by Crippen LogP contribution is 2.21. The number of alkyl halides is 3. The maximum absolute atomic E-state index is 12.0. The van der Waals surface area contributed by atoms with Gasteiger partial charge in [0.1, 0.15) is 0 Å². The summed E-state index contributed by atoms with van der Waals surface area (Å²) >= 11 is 0. The summed E-state index contributed by atoms with van der Waals surface area (Å²) in [6.45, 7) is 1.14. The SMILES string of the molecule is CC(CC(F)(F)F)NS(=O)(=O)c1cnc[nH]1. The minimum absolute atomic E-state index is 0.262. The molecular formula is C7H10F3N3O2S. The molecule has 5 nitrogen and oxygen atoms in total. The van der Waals surface area contributed by atoms with Crippen molar-refractivity contribution in [1.82, 2.24) is 14.7 Å². The van der Waals surface area contributed by atoms with Gasteiger partial charge < -0.3 is 4.98 Å². The Hall–Kier alpha value is -1.09. The number of nitrogens with zero attached hydrogens (tertiary/aromatic N) is 1. The van der Waals surface area contributed by atoms with Crippen LogP contribution in [0.1, 0.15) is 13.3 Å². The van der Waals surface area contributed by atoms with Crippen molar-refractivity contribution in [2.75, 3.05) is 0 Å². The second-order valence-corrected chi connectivity index (χ2v) is 4.94. The Balaban J connectivity index is 2.68. The number of H-pyrrole nitrogens is 1. The standard InChI is InChI=1S/C7H10F3N3O2S/c1-5(2-7(8,9)10)13-16(14,15)6-3-11-4-12-6/h3-5,13H,2H2,1H3,(H,11,12). The molecule has 0 bridgehead atoms. The number of halogens is 3. The molecule has 0 saturated heterocycles. The number of rotatable bonds is 4. The molecule has 1 aromatic rings. The molecule has 0 aliphatic heterocycles. The number of nitrogens with one attached hydrogen (secondary N) is 2. The number of hydrogen-bond acceptors (Lipinski definition) is 3. The average molecular weight is 257 g/mol. The highest BCUT2D eigenvalue weighted by atomic mass is 32.2. The summed E-state index contributed by atoms with van der Waals surface area (Å²) in [5.74, 6) is 0. The molecule has 0 amide bonds. The predicted octanol–water partition coefficient (Wildman–Crippen LogP) is 1.03. The summed E-state index contributed by atoms with van der Waals surface area (Å²) in [7, 11) is -3.96. The van der Waals surface area contributed by atoms with Crippen LogP contribution in [0.25, 0.3) is 0 Å². The summed E-state index contributed by atoms with van der Waals surface area (Å²) in [6, 6.07) is -1.23. The Labute approximate surface area is 90.1 Å². The number of imidazole rings is 1. The fourth-order valence-corrected chi connectivity index (χ4v) is 2.25. The summed E-state index contributed by atoms with van der Waals surface area (Å²) in [4.78, 5) is 5.78. The van der Waals surface area contributed by atoms with Crippen LogP contribution in [0.15, 0.2) is 17.6 Å². The van der Waals surface area contributed by atoms with Crippen LogP contribution in [0.4, 0.5) is 13.2 Å². The largest absolute Gasteiger partial charge is 0.390 e. The molecule has 2 N–H and O–H groups in total. The first-order chi connectivity index (χ1) is 7.21. The van der Waals surface area contributed by atoms with Crippen molar-refractivity contribution in [2.24, 2.45) is 0 Å². The molecule has 0 aliphatic carbocycles. The maximum Gasteiger partial charge on any atom is 0.390 e. The van der Waals surface area contributed by atoms with Gasteiger partial charge in [-0.25, -0.2) is 18.1 Å². The molecule has 92 valence electrons. The number of sulfonamides is 1. The predicted molar refractivity (Wildman–Crippen MR) is 49.0 cm³/mol. The van der Waals surface area contributed by atoms with Crippen LogP contribution in [0.2, 0.25) is 0 Å². The lowest BCUT2D eigenvalue weighted by molar-refractivity contribution is -0.137. The highest BCUT2D eigenvalue weighted by Gasteiger charge is 2.32. The normalized spacial score (nSPS) is 15.0. The third-order valence-corrected chi connectivity index (χ3v) is 3.17. The van der Waals surface area contributed by atoms with E-state index in [2.05, 4.69) is 9.97 Å². The first-order valence-corrected chi connectivity index (χ1v) is 5.76. The van der Waals surface area contributed by atoms with Crippen LogP contribution in [0, 0.1) is 0 Å². The van der Waals surface area contributed by atoms with Crippen molar-refractivity contribution >= 4 is 10.0 Å². The zero-order chi connectivity index (χ0) is 12.4. The number of aromatic amines is 1. The Morgan fingerprint density at radius 2 is 2.19 bits per heavy atom. The van der Waals surface area contributed by atoms with Crippen LogP contribution in [0.5, 0.6) is 0 Å². The molecule has 1 rings (SSSR count). The topological polar surface area (TPSA) is 74.8 Å². The number of hydrogen-bond donors (Lipinski definition) is 2. The van der Waals surface area contributed by atoms with Gasteiger partial charge in [0.25, 0.3) is 10.0 Å². The molecule has 0 spiro atoms. The van der Waals surface area contributed by atoms with E-state index in [9.17, 15) is 21.6 Å². The molecule has 0 saturated carbocycles. The van der Waals surface area contributed by atoms with Crippen molar-refractivity contribution in [2.45, 2.75) is 30.6 Å². The lowest BCUT2D eigenvalue weighted by atomic mass is 10.2. The van der Waals surface area contributed by atoms with Gasteiger partial charge in [-0.3, -0.25) is 0 Å². The molecule has 1 atom stereocenters. The third-order valence-electron chi connectivity index (χ3n) is 1.66. The Morgan fingerprint density at radius 3 is 2.62 bits per heavy atom. The van der Waals surface area contributed by atoms with Gasteiger partial charge in [-0.15, -0.1) is 0 Å². The first kappa shape index (κ1) is 13.0. The molecule has 0 radical (unpaired) electrons. The molecule has 0 aromatic carbocycles. The molecule has 0 fully saturated rings. The minimum Gasteiger partial charge on any atom is -0.335 e. The van der Waals surface area contributed by atoms with E-state index in [1.807, 2.05) is 4.72 Å². The van der Waals surface area contributed by atoms with Gasteiger partial charge in [0.15, 0.2) is 5.03 Å². The van der Waals surface area contributed by atoms with E-state index in [0.29, 0.717) is 0 Å². The second-order valence-electron chi connectivity index (χ2n) is 3.26. The Bertz CT molecular complexity index is 426. The molecule has 16 heavy (non-hydrogen) atoms. The molecule has 1 aromatic heterocycles. The van der Waals surface area contributed by atoms with Gasteiger partial charge in [-0.1, -0.05) is 0 Å². The van der Waals surface area contributed by atoms with Crippen molar-refractivity contribution in [1.29, 1.82) is 0 Å². The fraction of sp³-hybridized carbons (Fsp3) is 0.571. The number of aromatic nitrogens is 2. The lowest BCUT2D eigenvalue weighted by Gasteiger charge is -2.14. The van der Waals surface area contributed by atoms with Crippen molar-refractivity contribution < 1.29 is 21.6 Å². The summed E-state index contributed by atoms with van der Waals surface area (Å²) in [5, 5.41) is -0.262. The van der Waals surface area contributed by atoms with E-state index < -0.39 is 28.7 Å². The van der Waals surface area contributed by atoms with Gasteiger partial charge in [0, 0.05) is 6.04 Å². The zero-order valence-electron chi connectivity index (χ0n) is 8.25. The average Bonchev–Trinajstić information content (AvgIpc) is 2.49. The zero-order valence-corrected chi connectivity index (χ0v) is 9.06. The third kappa shape index (κ3) is 3.81. The van der Waals surface area contributed by atoms with E-state index in [0.717, 1.165) is 19.4 Å². The smallest absolute Gasteiger partial charge is 0.335 e. The van der Waals surface area contributed by atoms with Crippen LogP contribution < -0.4 is 4.72 Å². The lowest BCUT2D eigenvalue weighted by Crippen LogP contribution is -2.36. The van der Waals surface area contributed by atoms with E-state index in [1.54, 1.807) is 0 Å². The highest BCUT2D eigenvalue weighted by molar-refractivity contribution is 7.89. The molecule has 1 unspecified atom stereocenters. The fourth-order valence-electron chi connectivity index (χ4n) is 1.11. The van der Waals surface area contributed by atoms with Crippen LogP contribution in [0.3, 0.4) is 0 Å². The molecule has 0 aliphatic rings. The molecule has 1 heterocycles. The maximum atomic E-state index is 12.0. The van der Waals surface area contributed by atoms with Crippen LogP contribution in [-0.2, 0) is 10.0 Å². The molecule has 9 heteroatoms. The van der Waals surface area contributed by atoms with E-state index in [1.165, 1.54) is 0 Å². The molecular weight excluding hydrogens is 247 g/mol. The first-order valence-electron chi connectivity index (χ1n) is 4.28. The summed E-state index contributed by atoms with van der Waals surface area (Å²) in [6.07, 6.45) is -3.48. The summed E-state index contributed by atoms with van der Waals surface area (Å²) in [5.41, 5.74) is 0. The monoisotopic (exact) mass is 257 g/mol. The van der Waals surface area contributed by atoms with Gasteiger partial charge in [-0.2, -0.15) is 13.2 Å². The van der Waals surface area contributed by atoms with Crippen molar-refractivity contribution in [3.05, 3.63) is 12.5 Å². The summed E-state index contributed by atoms with van der Waals surface area (Å²) < 4.78 is 60.7. The van der Waals surface area contributed by atoms with Crippen molar-refractivity contribution in [3.63, 3.8) is 0 Å². The van der Waals surface area contributed by atoms with Crippen LogP contribution >= 0.6 is 0 Å². The van der Waals surface area contributed by atoms with Crippen LogP contribution in [-0.4, -0.2) is 30.6 Å². The van der Waals surface area contributed by atoms with E-state index in [-0.39, 0.29) is 5.03 Å². The Kier molecular flexibility index (Phi) is 3.58. The second kappa shape index (κ2) is 4.42. The van der Waals surface area contributed by atoms with Crippen molar-refractivity contribution in [3.8, 4) is 0 Å². The Morgan fingerprint density at radius 1 is 1.56 bits per heavy atom. The minimum atomic E-state index is -4.41.